The summed E-state index contributed by atoms with van der Waals surface area (Å²) >= 11 is 5.96. The largest absolute Gasteiger partial charge is 0.444 e. The van der Waals surface area contributed by atoms with Crippen molar-refractivity contribution in [2.75, 3.05) is 31.1 Å². The lowest BCUT2D eigenvalue weighted by atomic mass is 10.2. The van der Waals surface area contributed by atoms with Crippen LogP contribution in [0.3, 0.4) is 0 Å². The molecule has 0 aliphatic carbocycles. The monoisotopic (exact) mass is 431 g/mol. The molecular formula is C22H26ClN3O4. The Hall–Kier alpha value is -2.67. The van der Waals surface area contributed by atoms with E-state index in [0.29, 0.717) is 48.4 Å². The van der Waals surface area contributed by atoms with Crippen molar-refractivity contribution in [3.8, 4) is 11.5 Å². The quantitative estimate of drug-likeness (QED) is 0.700. The molecule has 2 aliphatic rings. The number of carbonyl (C=O) groups excluding carboxylic acids is 1. The van der Waals surface area contributed by atoms with Crippen LogP contribution in [0.25, 0.3) is 0 Å². The van der Waals surface area contributed by atoms with Crippen LogP contribution in [0.5, 0.6) is 11.5 Å². The van der Waals surface area contributed by atoms with Gasteiger partial charge < -0.3 is 24.0 Å². The third-order valence-electron chi connectivity index (χ3n) is 5.02. The van der Waals surface area contributed by atoms with Crippen molar-refractivity contribution in [2.24, 2.45) is 0 Å². The van der Waals surface area contributed by atoms with Gasteiger partial charge in [-0.2, -0.15) is 0 Å². The Balaban J connectivity index is 1.48. The van der Waals surface area contributed by atoms with Gasteiger partial charge in [0.1, 0.15) is 11.3 Å². The molecule has 3 heterocycles. The SMILES string of the molecule is CC(C)(C)OC(=O)N1CCN(c2cccc3c2OC(C)(c2ccc(Cl)cn2)O3)CC1. The molecule has 160 valence electrons. The highest BCUT2D eigenvalue weighted by Gasteiger charge is 2.42. The number of hydrogen-bond donors (Lipinski definition) is 0. The molecule has 1 aromatic heterocycles. The van der Waals surface area contributed by atoms with Gasteiger partial charge in [0.2, 0.25) is 0 Å². The fourth-order valence-electron chi connectivity index (χ4n) is 3.57. The molecule has 0 spiro atoms. The minimum Gasteiger partial charge on any atom is -0.444 e. The Labute approximate surface area is 181 Å². The average molecular weight is 432 g/mol. The topological polar surface area (TPSA) is 64.1 Å². The Morgan fingerprint density at radius 2 is 1.87 bits per heavy atom. The fourth-order valence-corrected chi connectivity index (χ4v) is 3.68. The van der Waals surface area contributed by atoms with Gasteiger partial charge in [-0.05, 0) is 45.0 Å². The van der Waals surface area contributed by atoms with Crippen LogP contribution in [0, 0.1) is 0 Å². The van der Waals surface area contributed by atoms with Crippen LogP contribution >= 0.6 is 11.6 Å². The third-order valence-corrected chi connectivity index (χ3v) is 5.25. The number of halogens is 1. The zero-order chi connectivity index (χ0) is 21.5. The van der Waals surface area contributed by atoms with Crippen LogP contribution in [-0.2, 0) is 10.5 Å². The van der Waals surface area contributed by atoms with Crippen molar-refractivity contribution in [3.05, 3.63) is 47.2 Å². The van der Waals surface area contributed by atoms with Crippen molar-refractivity contribution < 1.29 is 19.0 Å². The number of pyridine rings is 1. The molecule has 2 aliphatic heterocycles. The van der Waals surface area contributed by atoms with Gasteiger partial charge in [-0.1, -0.05) is 17.7 Å². The van der Waals surface area contributed by atoms with Gasteiger partial charge >= 0.3 is 6.09 Å². The summed E-state index contributed by atoms with van der Waals surface area (Å²) in [6.07, 6.45) is 1.30. The predicted molar refractivity (Wildman–Crippen MR) is 114 cm³/mol. The minimum atomic E-state index is -1.03. The summed E-state index contributed by atoms with van der Waals surface area (Å²) in [5, 5.41) is 0.557. The summed E-state index contributed by atoms with van der Waals surface area (Å²) in [4.78, 5) is 20.6. The fraction of sp³-hybridized carbons (Fsp3) is 0.455. The van der Waals surface area contributed by atoms with Crippen LogP contribution in [0.1, 0.15) is 33.4 Å². The molecule has 4 rings (SSSR count). The van der Waals surface area contributed by atoms with Gasteiger partial charge in [0.05, 0.1) is 10.7 Å². The van der Waals surface area contributed by atoms with Crippen LogP contribution in [0.2, 0.25) is 5.02 Å². The van der Waals surface area contributed by atoms with Crippen LogP contribution in [0.4, 0.5) is 10.5 Å². The molecule has 1 unspecified atom stereocenters. The number of benzene rings is 1. The van der Waals surface area contributed by atoms with E-state index in [2.05, 4.69) is 9.88 Å². The maximum Gasteiger partial charge on any atom is 0.410 e. The zero-order valence-corrected chi connectivity index (χ0v) is 18.4. The summed E-state index contributed by atoms with van der Waals surface area (Å²) in [6.45, 7) is 9.97. The second-order valence-corrected chi connectivity index (χ2v) is 9.01. The molecule has 1 atom stereocenters. The number of nitrogens with zero attached hydrogens (tertiary/aromatic N) is 3. The van der Waals surface area contributed by atoms with Crippen molar-refractivity contribution >= 4 is 23.4 Å². The molecule has 7 nitrogen and oxygen atoms in total. The Bertz CT molecular complexity index is 936. The first kappa shape index (κ1) is 20.6. The summed E-state index contributed by atoms with van der Waals surface area (Å²) in [5.41, 5.74) is 1.08. The highest BCUT2D eigenvalue weighted by Crippen LogP contribution is 2.49. The number of anilines is 1. The highest BCUT2D eigenvalue weighted by molar-refractivity contribution is 6.30. The Kier molecular flexibility index (Phi) is 5.18. The molecule has 30 heavy (non-hydrogen) atoms. The average Bonchev–Trinajstić information content (AvgIpc) is 3.04. The molecule has 1 saturated heterocycles. The number of rotatable bonds is 2. The van der Waals surface area contributed by atoms with Crippen molar-refractivity contribution in [1.29, 1.82) is 0 Å². The maximum absolute atomic E-state index is 12.3. The highest BCUT2D eigenvalue weighted by atomic mass is 35.5. The number of carbonyl (C=O) groups is 1. The number of amides is 1. The molecular weight excluding hydrogens is 406 g/mol. The number of aromatic nitrogens is 1. The van der Waals surface area contributed by atoms with Gasteiger partial charge in [0, 0.05) is 39.3 Å². The number of fused-ring (bicyclic) bond motifs is 1. The first-order valence-electron chi connectivity index (χ1n) is 10.0. The van der Waals surface area contributed by atoms with Crippen LogP contribution in [0.15, 0.2) is 36.5 Å². The van der Waals surface area contributed by atoms with Gasteiger partial charge in [0.25, 0.3) is 5.79 Å². The molecule has 0 radical (unpaired) electrons. The summed E-state index contributed by atoms with van der Waals surface area (Å²) in [6, 6.07) is 9.40. The summed E-state index contributed by atoms with van der Waals surface area (Å²) in [5.74, 6) is 0.324. The predicted octanol–water partition coefficient (Wildman–Crippen LogP) is 4.44. The molecule has 0 saturated carbocycles. The molecule has 0 N–H and O–H groups in total. The van der Waals surface area contributed by atoms with E-state index in [4.69, 9.17) is 25.8 Å². The van der Waals surface area contributed by atoms with Crippen molar-refractivity contribution in [3.63, 3.8) is 0 Å². The first-order valence-corrected chi connectivity index (χ1v) is 10.4. The number of hydrogen-bond acceptors (Lipinski definition) is 6. The van der Waals surface area contributed by atoms with E-state index in [0.717, 1.165) is 5.69 Å². The van der Waals surface area contributed by atoms with E-state index in [1.807, 2.05) is 45.9 Å². The van der Waals surface area contributed by atoms with E-state index in [1.54, 1.807) is 23.2 Å². The van der Waals surface area contributed by atoms with E-state index < -0.39 is 11.4 Å². The van der Waals surface area contributed by atoms with Crippen LogP contribution in [-0.4, -0.2) is 47.8 Å². The smallest absolute Gasteiger partial charge is 0.410 e. The number of para-hydroxylation sites is 1. The van der Waals surface area contributed by atoms with Gasteiger partial charge in [-0.25, -0.2) is 4.79 Å². The molecule has 1 fully saturated rings. The van der Waals surface area contributed by atoms with E-state index in [-0.39, 0.29) is 6.09 Å². The molecule has 1 aromatic carbocycles. The maximum atomic E-state index is 12.3. The third kappa shape index (κ3) is 4.12. The molecule has 8 heteroatoms. The summed E-state index contributed by atoms with van der Waals surface area (Å²) < 4.78 is 17.9. The second kappa shape index (κ2) is 7.54. The van der Waals surface area contributed by atoms with E-state index in [1.165, 1.54) is 0 Å². The number of piperazine rings is 1. The number of ether oxygens (including phenoxy) is 3. The van der Waals surface area contributed by atoms with Crippen LogP contribution < -0.4 is 14.4 Å². The normalized spacial score (nSPS) is 21.0. The van der Waals surface area contributed by atoms with E-state index >= 15 is 0 Å². The lowest BCUT2D eigenvalue weighted by Crippen LogP contribution is -2.50. The standard InChI is InChI=1S/C22H26ClN3O4/c1-21(2,3)30-20(27)26-12-10-25(11-13-26)16-6-5-7-17-19(16)29-22(4,28-17)18-9-8-15(23)14-24-18/h5-9,14H,10-13H2,1-4H3. The van der Waals surface area contributed by atoms with E-state index in [9.17, 15) is 4.79 Å². The summed E-state index contributed by atoms with van der Waals surface area (Å²) in [7, 11) is 0. The van der Waals surface area contributed by atoms with Crippen molar-refractivity contribution in [2.45, 2.75) is 39.1 Å². The second-order valence-electron chi connectivity index (χ2n) is 8.57. The molecule has 2 aromatic rings. The molecule has 0 bridgehead atoms. The zero-order valence-electron chi connectivity index (χ0n) is 17.6. The van der Waals surface area contributed by atoms with Gasteiger partial charge in [0.15, 0.2) is 11.5 Å². The minimum absolute atomic E-state index is 0.276. The lowest BCUT2D eigenvalue weighted by molar-refractivity contribution is -0.0715. The lowest BCUT2D eigenvalue weighted by Gasteiger charge is -2.37. The first-order chi connectivity index (χ1) is 14.1. The Morgan fingerprint density at radius 3 is 2.50 bits per heavy atom. The molecule has 1 amide bonds. The van der Waals surface area contributed by atoms with Gasteiger partial charge in [-0.15, -0.1) is 0 Å². The van der Waals surface area contributed by atoms with Crippen molar-refractivity contribution in [1.82, 2.24) is 9.88 Å². The van der Waals surface area contributed by atoms with Gasteiger partial charge in [-0.3, -0.25) is 4.98 Å². The Morgan fingerprint density at radius 1 is 1.13 bits per heavy atom.